The number of aliphatic hydroxyl groups is 1. The Morgan fingerprint density at radius 2 is 2.09 bits per heavy atom. The second-order valence-electron chi connectivity index (χ2n) is 7.18. The monoisotopic (exact) mass is 308 g/mol. The molecule has 1 aromatic heterocycles. The number of rotatable bonds is 4. The van der Waals surface area contributed by atoms with E-state index >= 15 is 0 Å². The van der Waals surface area contributed by atoms with Gasteiger partial charge in [-0.25, -0.2) is 4.68 Å². The lowest BCUT2D eigenvalue weighted by atomic mass is 9.89. The standard InChI is InChI=1S/C16H28N4O2/c1-16(2,21)15-10-20(19-18-15)14-8-4-3-7-13(14)17-12-6-5-9-22-11-12/h10,12-14,17,21H,3-9,11H2,1-2H3/t12-,13-,14+/m0/s1. The van der Waals surface area contributed by atoms with E-state index in [9.17, 15) is 5.11 Å². The molecule has 0 spiro atoms. The summed E-state index contributed by atoms with van der Waals surface area (Å²) < 4.78 is 7.54. The highest BCUT2D eigenvalue weighted by molar-refractivity contribution is 5.04. The second kappa shape index (κ2) is 6.64. The first kappa shape index (κ1) is 15.9. The Morgan fingerprint density at radius 1 is 1.27 bits per heavy atom. The molecule has 1 aliphatic heterocycles. The van der Waals surface area contributed by atoms with Gasteiger partial charge in [-0.2, -0.15) is 0 Å². The molecule has 1 saturated heterocycles. The number of hydrogen-bond acceptors (Lipinski definition) is 5. The minimum absolute atomic E-state index is 0.319. The van der Waals surface area contributed by atoms with Gasteiger partial charge >= 0.3 is 0 Å². The predicted molar refractivity (Wildman–Crippen MR) is 83.5 cm³/mol. The van der Waals surface area contributed by atoms with Crippen LogP contribution in [-0.4, -0.2) is 45.4 Å². The molecule has 6 nitrogen and oxygen atoms in total. The highest BCUT2D eigenvalue weighted by Crippen LogP contribution is 2.30. The molecule has 2 aliphatic rings. The molecule has 1 aliphatic carbocycles. The zero-order chi connectivity index (χ0) is 15.6. The first-order valence-corrected chi connectivity index (χ1v) is 8.52. The van der Waals surface area contributed by atoms with Gasteiger partial charge in [-0.1, -0.05) is 18.1 Å². The van der Waals surface area contributed by atoms with Crippen LogP contribution in [0.5, 0.6) is 0 Å². The van der Waals surface area contributed by atoms with Crippen molar-refractivity contribution < 1.29 is 9.84 Å². The molecule has 6 heteroatoms. The van der Waals surface area contributed by atoms with Gasteiger partial charge in [0.1, 0.15) is 11.3 Å². The number of ether oxygens (including phenoxy) is 1. The SMILES string of the molecule is CC(C)(O)c1cn([C@@H]2CCCC[C@@H]2N[C@H]2CCCOC2)nn1. The zero-order valence-electron chi connectivity index (χ0n) is 13.7. The van der Waals surface area contributed by atoms with Crippen LogP contribution in [-0.2, 0) is 10.3 Å². The van der Waals surface area contributed by atoms with Crippen LogP contribution in [0.25, 0.3) is 0 Å². The van der Waals surface area contributed by atoms with E-state index in [-0.39, 0.29) is 0 Å². The van der Waals surface area contributed by atoms with Gasteiger partial charge in [0.15, 0.2) is 0 Å². The zero-order valence-corrected chi connectivity index (χ0v) is 13.7. The summed E-state index contributed by atoms with van der Waals surface area (Å²) in [6.45, 7) is 5.20. The molecule has 0 bridgehead atoms. The van der Waals surface area contributed by atoms with Crippen molar-refractivity contribution in [1.82, 2.24) is 20.3 Å². The van der Waals surface area contributed by atoms with Crippen LogP contribution in [0, 0.1) is 0 Å². The van der Waals surface area contributed by atoms with Crippen molar-refractivity contribution in [3.63, 3.8) is 0 Å². The summed E-state index contributed by atoms with van der Waals surface area (Å²) in [7, 11) is 0. The predicted octanol–water partition coefficient (Wildman–Crippen LogP) is 1.76. The van der Waals surface area contributed by atoms with E-state index in [4.69, 9.17) is 4.74 Å². The summed E-state index contributed by atoms with van der Waals surface area (Å²) in [5, 5.41) is 22.3. The minimum Gasteiger partial charge on any atom is -0.384 e. The van der Waals surface area contributed by atoms with Crippen LogP contribution >= 0.6 is 0 Å². The maximum absolute atomic E-state index is 10.1. The molecule has 2 fully saturated rings. The molecule has 3 rings (SSSR count). The van der Waals surface area contributed by atoms with E-state index < -0.39 is 5.60 Å². The average molecular weight is 308 g/mol. The van der Waals surface area contributed by atoms with Gasteiger partial charge in [-0.15, -0.1) is 5.10 Å². The maximum Gasteiger partial charge on any atom is 0.114 e. The third-order valence-corrected chi connectivity index (χ3v) is 4.82. The molecule has 3 atom stereocenters. The van der Waals surface area contributed by atoms with Crippen molar-refractivity contribution in [3.8, 4) is 0 Å². The summed E-state index contributed by atoms with van der Waals surface area (Å²) in [4.78, 5) is 0. The molecule has 0 unspecified atom stereocenters. The summed E-state index contributed by atoms with van der Waals surface area (Å²) in [5.74, 6) is 0. The van der Waals surface area contributed by atoms with Crippen LogP contribution in [0.1, 0.15) is 64.1 Å². The fourth-order valence-electron chi connectivity index (χ4n) is 3.52. The number of hydrogen-bond donors (Lipinski definition) is 2. The highest BCUT2D eigenvalue weighted by Gasteiger charge is 2.31. The third-order valence-electron chi connectivity index (χ3n) is 4.82. The fraction of sp³-hybridized carbons (Fsp3) is 0.875. The number of nitrogens with zero attached hydrogens (tertiary/aromatic N) is 3. The minimum atomic E-state index is -0.937. The largest absolute Gasteiger partial charge is 0.384 e. The van der Waals surface area contributed by atoms with Crippen molar-refractivity contribution >= 4 is 0 Å². The first-order chi connectivity index (χ1) is 10.5. The van der Waals surface area contributed by atoms with Crippen LogP contribution < -0.4 is 5.32 Å². The molecule has 2 heterocycles. The molecule has 22 heavy (non-hydrogen) atoms. The molecule has 2 N–H and O–H groups in total. The van der Waals surface area contributed by atoms with E-state index in [1.165, 1.54) is 25.7 Å². The summed E-state index contributed by atoms with van der Waals surface area (Å²) in [6.07, 6.45) is 8.99. The molecular formula is C16H28N4O2. The van der Waals surface area contributed by atoms with E-state index in [0.717, 1.165) is 26.1 Å². The van der Waals surface area contributed by atoms with Crippen LogP contribution in [0.2, 0.25) is 0 Å². The first-order valence-electron chi connectivity index (χ1n) is 8.52. The van der Waals surface area contributed by atoms with E-state index in [0.29, 0.717) is 23.8 Å². The lowest BCUT2D eigenvalue weighted by Crippen LogP contribution is -2.48. The number of nitrogens with one attached hydrogen (secondary N) is 1. The maximum atomic E-state index is 10.1. The molecule has 1 saturated carbocycles. The van der Waals surface area contributed by atoms with Crippen molar-refractivity contribution in [1.29, 1.82) is 0 Å². The van der Waals surface area contributed by atoms with Gasteiger partial charge in [-0.05, 0) is 39.5 Å². The third kappa shape index (κ3) is 3.67. The average Bonchev–Trinajstić information content (AvgIpc) is 2.99. The lowest BCUT2D eigenvalue weighted by molar-refractivity contribution is 0.0595. The topological polar surface area (TPSA) is 72.2 Å². The normalized spacial score (nSPS) is 30.4. The van der Waals surface area contributed by atoms with Gasteiger partial charge in [0.25, 0.3) is 0 Å². The van der Waals surface area contributed by atoms with Gasteiger partial charge in [0, 0.05) is 18.7 Å². The van der Waals surface area contributed by atoms with E-state index in [1.54, 1.807) is 13.8 Å². The smallest absolute Gasteiger partial charge is 0.114 e. The van der Waals surface area contributed by atoms with Crippen molar-refractivity contribution in [3.05, 3.63) is 11.9 Å². The molecule has 0 amide bonds. The van der Waals surface area contributed by atoms with Crippen LogP contribution in [0.15, 0.2) is 6.20 Å². The summed E-state index contributed by atoms with van der Waals surface area (Å²) in [6, 6.07) is 1.19. The van der Waals surface area contributed by atoms with Gasteiger partial charge in [0.05, 0.1) is 18.8 Å². The van der Waals surface area contributed by atoms with Crippen molar-refractivity contribution in [2.24, 2.45) is 0 Å². The molecule has 1 aromatic rings. The second-order valence-corrected chi connectivity index (χ2v) is 7.18. The van der Waals surface area contributed by atoms with E-state index in [2.05, 4.69) is 15.6 Å². The Balaban J connectivity index is 1.70. The van der Waals surface area contributed by atoms with Crippen LogP contribution in [0.4, 0.5) is 0 Å². The van der Waals surface area contributed by atoms with Crippen molar-refractivity contribution in [2.75, 3.05) is 13.2 Å². The van der Waals surface area contributed by atoms with Crippen LogP contribution in [0.3, 0.4) is 0 Å². The Labute approximate surface area is 132 Å². The Hall–Kier alpha value is -0.980. The fourth-order valence-corrected chi connectivity index (χ4v) is 3.52. The molecular weight excluding hydrogens is 280 g/mol. The number of aromatic nitrogens is 3. The molecule has 0 radical (unpaired) electrons. The Morgan fingerprint density at radius 3 is 2.77 bits per heavy atom. The van der Waals surface area contributed by atoms with Gasteiger partial charge in [-0.3, -0.25) is 0 Å². The van der Waals surface area contributed by atoms with E-state index in [1.807, 2.05) is 10.9 Å². The summed E-state index contributed by atoms with van der Waals surface area (Å²) >= 11 is 0. The molecule has 124 valence electrons. The lowest BCUT2D eigenvalue weighted by Gasteiger charge is -2.36. The van der Waals surface area contributed by atoms with Gasteiger partial charge in [0.2, 0.25) is 0 Å². The highest BCUT2D eigenvalue weighted by atomic mass is 16.5. The molecule has 0 aromatic carbocycles. The Bertz CT molecular complexity index is 477. The van der Waals surface area contributed by atoms with Crippen molar-refractivity contribution in [2.45, 2.75) is 76.1 Å². The van der Waals surface area contributed by atoms with Gasteiger partial charge < -0.3 is 15.2 Å². The quantitative estimate of drug-likeness (QED) is 0.887. The Kier molecular flexibility index (Phi) is 4.80. The summed E-state index contributed by atoms with van der Waals surface area (Å²) in [5.41, 5.74) is -0.301.